The molecule has 1 rings (SSSR count). The number of aromatic carboxylic acids is 1. The Bertz CT molecular complexity index is 658. The van der Waals surface area contributed by atoms with Crippen LogP contribution in [0.3, 0.4) is 0 Å². The predicted octanol–water partition coefficient (Wildman–Crippen LogP) is 5.98. The van der Waals surface area contributed by atoms with Gasteiger partial charge >= 0.3 is 5.97 Å². The first kappa shape index (κ1) is 24.7. The Kier molecular flexibility index (Phi) is 12.4. The lowest BCUT2D eigenvalue weighted by Gasteiger charge is -2.13. The van der Waals surface area contributed by atoms with Gasteiger partial charge in [-0.05, 0) is 31.0 Å². The molecule has 0 radical (unpaired) electrons. The molecular weight excluding hydrogens is 368 g/mol. The fourth-order valence-corrected chi connectivity index (χ4v) is 3.09. The Labute approximate surface area is 174 Å². The summed E-state index contributed by atoms with van der Waals surface area (Å²) in [5, 5.41) is 14.8. The van der Waals surface area contributed by atoms with Gasteiger partial charge in [0.15, 0.2) is 0 Å². The van der Waals surface area contributed by atoms with Crippen LogP contribution in [-0.2, 0) is 9.59 Å². The quantitative estimate of drug-likeness (QED) is 0.313. The molecule has 0 saturated carbocycles. The molecule has 0 unspecified atom stereocenters. The van der Waals surface area contributed by atoms with E-state index >= 15 is 0 Å². The predicted molar refractivity (Wildman–Crippen MR) is 117 cm³/mol. The molecule has 0 atom stereocenters. The van der Waals surface area contributed by atoms with Gasteiger partial charge in [0.1, 0.15) is 0 Å². The third-order valence-corrected chi connectivity index (χ3v) is 4.83. The van der Waals surface area contributed by atoms with Gasteiger partial charge < -0.3 is 15.7 Å². The number of carbonyl (C=O) groups is 3. The molecule has 1 aromatic carbocycles. The molecule has 3 N–H and O–H groups in total. The van der Waals surface area contributed by atoms with Crippen LogP contribution in [0.2, 0.25) is 0 Å². The summed E-state index contributed by atoms with van der Waals surface area (Å²) in [6, 6.07) is 4.36. The van der Waals surface area contributed by atoms with Gasteiger partial charge in [-0.15, -0.1) is 0 Å². The SMILES string of the molecule is CCCCCCCC(=O)Nc1ccc(C(=O)O)cc1NC(=O)CCCCCCC. The standard InChI is InChI=1S/C23H36N2O4/c1-3-5-7-9-11-13-21(26)24-19-16-15-18(23(28)29)17-20(19)25-22(27)14-12-10-8-6-4-2/h15-17H,3-14H2,1-2H3,(H,24,26)(H,25,27)(H,28,29). The molecule has 6 nitrogen and oxygen atoms in total. The van der Waals surface area contributed by atoms with E-state index in [9.17, 15) is 19.5 Å². The number of benzene rings is 1. The fourth-order valence-electron chi connectivity index (χ4n) is 3.09. The number of carboxylic acids is 1. The maximum atomic E-state index is 12.3. The topological polar surface area (TPSA) is 95.5 Å². The number of hydrogen-bond acceptors (Lipinski definition) is 3. The van der Waals surface area contributed by atoms with Crippen molar-refractivity contribution in [2.75, 3.05) is 10.6 Å². The minimum atomic E-state index is -1.08. The van der Waals surface area contributed by atoms with Crippen LogP contribution in [0.5, 0.6) is 0 Å². The molecule has 29 heavy (non-hydrogen) atoms. The molecule has 1 aromatic rings. The van der Waals surface area contributed by atoms with Crippen LogP contribution in [0.15, 0.2) is 18.2 Å². The largest absolute Gasteiger partial charge is 0.478 e. The molecular formula is C23H36N2O4. The number of nitrogens with one attached hydrogen (secondary N) is 2. The number of anilines is 2. The second-order valence-corrected chi connectivity index (χ2v) is 7.49. The second kappa shape index (κ2) is 14.6. The zero-order chi connectivity index (χ0) is 21.5. The molecule has 2 amide bonds. The number of hydrogen-bond donors (Lipinski definition) is 3. The highest BCUT2D eigenvalue weighted by molar-refractivity contribution is 6.01. The van der Waals surface area contributed by atoms with Gasteiger partial charge in [0, 0.05) is 12.8 Å². The van der Waals surface area contributed by atoms with Gasteiger partial charge in [-0.25, -0.2) is 4.79 Å². The lowest BCUT2D eigenvalue weighted by atomic mass is 10.1. The van der Waals surface area contributed by atoms with Gasteiger partial charge in [-0.1, -0.05) is 65.2 Å². The highest BCUT2D eigenvalue weighted by Gasteiger charge is 2.13. The van der Waals surface area contributed by atoms with E-state index in [2.05, 4.69) is 24.5 Å². The molecule has 0 aliphatic rings. The summed E-state index contributed by atoms with van der Waals surface area (Å²) in [5.74, 6) is -1.37. The first-order chi connectivity index (χ1) is 14.0. The van der Waals surface area contributed by atoms with Crippen LogP contribution in [0.1, 0.15) is 101 Å². The van der Waals surface area contributed by atoms with E-state index in [0.717, 1.165) is 57.8 Å². The minimum Gasteiger partial charge on any atom is -0.478 e. The summed E-state index contributed by atoms with van der Waals surface area (Å²) in [4.78, 5) is 35.8. The smallest absolute Gasteiger partial charge is 0.335 e. The van der Waals surface area contributed by atoms with E-state index in [4.69, 9.17) is 0 Å². The van der Waals surface area contributed by atoms with Crippen molar-refractivity contribution in [3.8, 4) is 0 Å². The maximum absolute atomic E-state index is 12.3. The molecule has 0 aliphatic heterocycles. The number of rotatable bonds is 15. The molecule has 0 spiro atoms. The zero-order valence-electron chi connectivity index (χ0n) is 17.9. The third kappa shape index (κ3) is 10.7. The Hall–Kier alpha value is -2.37. The van der Waals surface area contributed by atoms with Crippen molar-refractivity contribution in [1.29, 1.82) is 0 Å². The van der Waals surface area contributed by atoms with Crippen molar-refractivity contribution in [1.82, 2.24) is 0 Å². The fraction of sp³-hybridized carbons (Fsp3) is 0.609. The molecule has 6 heteroatoms. The lowest BCUT2D eigenvalue weighted by molar-refractivity contribution is -0.117. The highest BCUT2D eigenvalue weighted by Crippen LogP contribution is 2.24. The van der Waals surface area contributed by atoms with Gasteiger partial charge in [0.05, 0.1) is 16.9 Å². The number of carboxylic acid groups (broad SMARTS) is 1. The van der Waals surface area contributed by atoms with Crippen molar-refractivity contribution in [3.63, 3.8) is 0 Å². The van der Waals surface area contributed by atoms with Crippen molar-refractivity contribution < 1.29 is 19.5 Å². The zero-order valence-corrected chi connectivity index (χ0v) is 17.9. The molecule has 0 aromatic heterocycles. The van der Waals surface area contributed by atoms with E-state index in [1.165, 1.54) is 24.6 Å². The Morgan fingerprint density at radius 2 is 1.21 bits per heavy atom. The summed E-state index contributed by atoms with van der Waals surface area (Å²) >= 11 is 0. The summed E-state index contributed by atoms with van der Waals surface area (Å²) < 4.78 is 0. The summed E-state index contributed by atoms with van der Waals surface area (Å²) in [6.45, 7) is 4.29. The number of unbranched alkanes of at least 4 members (excludes halogenated alkanes) is 8. The van der Waals surface area contributed by atoms with Crippen LogP contribution in [0, 0.1) is 0 Å². The average Bonchev–Trinajstić information content (AvgIpc) is 2.68. The molecule has 0 bridgehead atoms. The molecule has 0 fully saturated rings. The number of amides is 2. The molecule has 162 valence electrons. The van der Waals surface area contributed by atoms with Crippen LogP contribution in [0.25, 0.3) is 0 Å². The van der Waals surface area contributed by atoms with Gasteiger partial charge in [0.2, 0.25) is 11.8 Å². The number of carbonyl (C=O) groups excluding carboxylic acids is 2. The average molecular weight is 405 g/mol. The van der Waals surface area contributed by atoms with Gasteiger partial charge in [-0.2, -0.15) is 0 Å². The van der Waals surface area contributed by atoms with E-state index in [0.29, 0.717) is 24.2 Å². The Morgan fingerprint density at radius 1 is 0.724 bits per heavy atom. The summed E-state index contributed by atoms with van der Waals surface area (Å²) in [7, 11) is 0. The van der Waals surface area contributed by atoms with Crippen molar-refractivity contribution >= 4 is 29.2 Å². The van der Waals surface area contributed by atoms with E-state index < -0.39 is 5.97 Å². The summed E-state index contributed by atoms with van der Waals surface area (Å²) in [6.07, 6.45) is 11.3. The van der Waals surface area contributed by atoms with Crippen LogP contribution in [0.4, 0.5) is 11.4 Å². The lowest BCUT2D eigenvalue weighted by Crippen LogP contribution is -2.17. The van der Waals surface area contributed by atoms with Crippen molar-refractivity contribution in [3.05, 3.63) is 23.8 Å². The minimum absolute atomic E-state index is 0.0702. The van der Waals surface area contributed by atoms with E-state index in [1.807, 2.05) is 0 Å². The van der Waals surface area contributed by atoms with Gasteiger partial charge in [-0.3, -0.25) is 9.59 Å². The first-order valence-electron chi connectivity index (χ1n) is 10.9. The maximum Gasteiger partial charge on any atom is 0.335 e. The van der Waals surface area contributed by atoms with Crippen molar-refractivity contribution in [2.45, 2.75) is 90.9 Å². The normalized spacial score (nSPS) is 10.6. The van der Waals surface area contributed by atoms with E-state index in [-0.39, 0.29) is 17.4 Å². The monoisotopic (exact) mass is 404 g/mol. The van der Waals surface area contributed by atoms with Crippen molar-refractivity contribution in [2.24, 2.45) is 0 Å². The highest BCUT2D eigenvalue weighted by atomic mass is 16.4. The van der Waals surface area contributed by atoms with Crippen LogP contribution < -0.4 is 10.6 Å². The first-order valence-corrected chi connectivity index (χ1v) is 10.9. The molecule has 0 heterocycles. The van der Waals surface area contributed by atoms with Crippen LogP contribution in [-0.4, -0.2) is 22.9 Å². The molecule has 0 saturated heterocycles. The summed E-state index contributed by atoms with van der Waals surface area (Å²) in [5.41, 5.74) is 0.844. The Balaban J connectivity index is 2.65. The molecule has 0 aliphatic carbocycles. The van der Waals surface area contributed by atoms with E-state index in [1.54, 1.807) is 0 Å². The Morgan fingerprint density at radius 3 is 1.69 bits per heavy atom. The van der Waals surface area contributed by atoms with Crippen LogP contribution >= 0.6 is 0 Å². The second-order valence-electron chi connectivity index (χ2n) is 7.49. The third-order valence-electron chi connectivity index (χ3n) is 4.83. The van der Waals surface area contributed by atoms with Gasteiger partial charge in [0.25, 0.3) is 0 Å².